The lowest BCUT2D eigenvalue weighted by molar-refractivity contribution is 0.630. The van der Waals surface area contributed by atoms with Crippen LogP contribution in [0.15, 0.2) is 18.2 Å². The maximum absolute atomic E-state index is 13.8. The van der Waals surface area contributed by atoms with Gasteiger partial charge in [-0.15, -0.1) is 11.3 Å². The van der Waals surface area contributed by atoms with Crippen molar-refractivity contribution in [1.29, 1.82) is 5.26 Å². The largest absolute Gasteiger partial charge is 0.397 e. The van der Waals surface area contributed by atoms with E-state index in [0.29, 0.717) is 16.1 Å². The first-order chi connectivity index (χ1) is 8.04. The molecule has 2 aromatic rings. The predicted molar refractivity (Wildman–Crippen MR) is 68.3 cm³/mol. The molecule has 86 valence electrons. The molecule has 2 N–H and O–H groups in total. The summed E-state index contributed by atoms with van der Waals surface area (Å²) in [4.78, 5) is 1.18. The van der Waals surface area contributed by atoms with E-state index in [1.165, 1.54) is 17.4 Å². The third kappa shape index (κ3) is 1.90. The summed E-state index contributed by atoms with van der Waals surface area (Å²) >= 11 is 1.23. The molecular formula is C13H11FN2S. The number of hydrogen-bond acceptors (Lipinski definition) is 3. The van der Waals surface area contributed by atoms with Gasteiger partial charge < -0.3 is 5.73 Å². The highest BCUT2D eigenvalue weighted by Gasteiger charge is 2.16. The summed E-state index contributed by atoms with van der Waals surface area (Å²) in [5, 5.41) is 8.90. The second-order valence-corrected chi connectivity index (χ2v) is 4.91. The molecule has 0 atom stereocenters. The maximum atomic E-state index is 13.8. The molecule has 17 heavy (non-hydrogen) atoms. The number of nitriles is 1. The van der Waals surface area contributed by atoms with Crippen LogP contribution in [-0.2, 0) is 0 Å². The van der Waals surface area contributed by atoms with Crippen molar-refractivity contribution in [2.45, 2.75) is 13.8 Å². The van der Waals surface area contributed by atoms with E-state index in [-0.39, 0.29) is 5.82 Å². The normalized spacial score (nSPS) is 10.2. The smallest absolute Gasteiger partial charge is 0.132 e. The van der Waals surface area contributed by atoms with Crippen molar-refractivity contribution >= 4 is 17.0 Å². The van der Waals surface area contributed by atoms with Crippen LogP contribution in [0.1, 0.15) is 16.0 Å². The Kier molecular flexibility index (Phi) is 2.86. The van der Waals surface area contributed by atoms with E-state index in [1.54, 1.807) is 13.0 Å². The molecule has 1 heterocycles. The van der Waals surface area contributed by atoms with E-state index in [4.69, 9.17) is 11.0 Å². The summed E-state index contributed by atoms with van der Waals surface area (Å²) in [6.45, 7) is 3.64. The summed E-state index contributed by atoms with van der Waals surface area (Å²) < 4.78 is 13.8. The quantitative estimate of drug-likeness (QED) is 0.835. The van der Waals surface area contributed by atoms with Gasteiger partial charge in [0.2, 0.25) is 0 Å². The molecule has 2 rings (SSSR count). The lowest BCUT2D eigenvalue weighted by Crippen LogP contribution is -1.89. The van der Waals surface area contributed by atoms with Crippen molar-refractivity contribution in [2.24, 2.45) is 0 Å². The molecule has 0 saturated carbocycles. The Morgan fingerprint density at radius 1 is 1.35 bits per heavy atom. The lowest BCUT2D eigenvalue weighted by Gasteiger charge is -2.03. The van der Waals surface area contributed by atoms with Crippen molar-refractivity contribution in [3.8, 4) is 16.5 Å². The SMILES string of the molecule is Cc1ccc(-c2sc(C#N)c(N)c2C)c(F)c1. The Bertz CT molecular complexity index is 623. The molecule has 2 nitrogen and oxygen atoms in total. The first-order valence-electron chi connectivity index (χ1n) is 5.10. The Hall–Kier alpha value is -1.86. The number of rotatable bonds is 1. The van der Waals surface area contributed by atoms with Gasteiger partial charge in [-0.3, -0.25) is 0 Å². The first-order valence-corrected chi connectivity index (χ1v) is 5.91. The number of nitrogens with zero attached hydrogens (tertiary/aromatic N) is 1. The van der Waals surface area contributed by atoms with Crippen molar-refractivity contribution in [2.75, 3.05) is 5.73 Å². The molecule has 0 bridgehead atoms. The Morgan fingerprint density at radius 2 is 2.06 bits per heavy atom. The highest BCUT2D eigenvalue weighted by Crippen LogP contribution is 2.38. The molecule has 1 aromatic heterocycles. The van der Waals surface area contributed by atoms with Gasteiger partial charge in [0, 0.05) is 10.4 Å². The van der Waals surface area contributed by atoms with E-state index in [2.05, 4.69) is 0 Å². The van der Waals surface area contributed by atoms with Gasteiger partial charge in [0.25, 0.3) is 0 Å². The Labute approximate surface area is 103 Å². The molecule has 0 aliphatic carbocycles. The summed E-state index contributed by atoms with van der Waals surface area (Å²) in [6, 6.07) is 7.08. The number of aryl methyl sites for hydroxylation is 1. The third-order valence-corrected chi connectivity index (χ3v) is 3.91. The van der Waals surface area contributed by atoms with E-state index in [0.717, 1.165) is 16.0 Å². The monoisotopic (exact) mass is 246 g/mol. The highest BCUT2D eigenvalue weighted by molar-refractivity contribution is 7.16. The van der Waals surface area contributed by atoms with Crippen molar-refractivity contribution in [3.05, 3.63) is 40.0 Å². The van der Waals surface area contributed by atoms with Crippen molar-refractivity contribution in [1.82, 2.24) is 0 Å². The van der Waals surface area contributed by atoms with Crippen LogP contribution in [0.25, 0.3) is 10.4 Å². The average molecular weight is 246 g/mol. The van der Waals surface area contributed by atoms with Crippen LogP contribution in [0.3, 0.4) is 0 Å². The molecule has 1 aromatic carbocycles. The van der Waals surface area contributed by atoms with Gasteiger partial charge in [-0.05, 0) is 31.0 Å². The second kappa shape index (κ2) is 4.19. The molecule has 0 fully saturated rings. The first kappa shape index (κ1) is 11.6. The topological polar surface area (TPSA) is 49.8 Å². The Morgan fingerprint density at radius 3 is 2.59 bits per heavy atom. The molecular weight excluding hydrogens is 235 g/mol. The molecule has 0 radical (unpaired) electrons. The summed E-state index contributed by atoms with van der Waals surface area (Å²) in [5.74, 6) is -0.279. The lowest BCUT2D eigenvalue weighted by atomic mass is 10.1. The fraction of sp³-hybridized carbons (Fsp3) is 0.154. The van der Waals surface area contributed by atoms with Crippen LogP contribution in [0.4, 0.5) is 10.1 Å². The molecule has 0 saturated heterocycles. The van der Waals surface area contributed by atoms with Gasteiger partial charge in [0.1, 0.15) is 16.8 Å². The number of thiophene rings is 1. The molecule has 4 heteroatoms. The minimum atomic E-state index is -0.279. The van der Waals surface area contributed by atoms with Gasteiger partial charge in [0.05, 0.1) is 5.69 Å². The zero-order valence-corrected chi connectivity index (χ0v) is 10.4. The van der Waals surface area contributed by atoms with Crippen LogP contribution in [-0.4, -0.2) is 0 Å². The molecule has 0 spiro atoms. The van der Waals surface area contributed by atoms with Gasteiger partial charge in [-0.2, -0.15) is 5.26 Å². The minimum Gasteiger partial charge on any atom is -0.397 e. The zero-order valence-electron chi connectivity index (χ0n) is 9.54. The standard InChI is InChI=1S/C13H11FN2S/c1-7-3-4-9(10(14)5-7)13-8(2)12(16)11(6-15)17-13/h3-5H,16H2,1-2H3. The fourth-order valence-electron chi connectivity index (χ4n) is 1.67. The Balaban J connectivity index is 2.65. The zero-order chi connectivity index (χ0) is 12.6. The molecule has 0 unspecified atom stereocenters. The van der Waals surface area contributed by atoms with E-state index >= 15 is 0 Å². The van der Waals surface area contributed by atoms with Crippen LogP contribution < -0.4 is 5.73 Å². The molecule has 0 amide bonds. The van der Waals surface area contributed by atoms with Gasteiger partial charge in [-0.25, -0.2) is 4.39 Å². The van der Waals surface area contributed by atoms with Gasteiger partial charge in [0.15, 0.2) is 0 Å². The molecule has 0 aliphatic heterocycles. The predicted octanol–water partition coefficient (Wildman–Crippen LogP) is 3.62. The van der Waals surface area contributed by atoms with E-state index < -0.39 is 0 Å². The second-order valence-electron chi connectivity index (χ2n) is 3.89. The highest BCUT2D eigenvalue weighted by atomic mass is 32.1. The number of hydrogen-bond donors (Lipinski definition) is 1. The summed E-state index contributed by atoms with van der Waals surface area (Å²) in [7, 11) is 0. The average Bonchev–Trinajstić information content (AvgIpc) is 2.57. The number of anilines is 1. The number of halogens is 1. The summed E-state index contributed by atoms with van der Waals surface area (Å²) in [5.41, 5.74) is 8.40. The van der Waals surface area contributed by atoms with E-state index in [1.807, 2.05) is 19.1 Å². The van der Waals surface area contributed by atoms with Gasteiger partial charge >= 0.3 is 0 Å². The number of benzene rings is 1. The van der Waals surface area contributed by atoms with Crippen molar-refractivity contribution in [3.63, 3.8) is 0 Å². The van der Waals surface area contributed by atoms with Crippen molar-refractivity contribution < 1.29 is 4.39 Å². The van der Waals surface area contributed by atoms with Crippen LogP contribution in [0, 0.1) is 31.0 Å². The number of nitrogens with two attached hydrogens (primary N) is 1. The maximum Gasteiger partial charge on any atom is 0.132 e. The van der Waals surface area contributed by atoms with Gasteiger partial charge in [-0.1, -0.05) is 12.1 Å². The minimum absolute atomic E-state index is 0.279. The summed E-state index contributed by atoms with van der Waals surface area (Å²) in [6.07, 6.45) is 0. The molecule has 0 aliphatic rings. The van der Waals surface area contributed by atoms with Crippen LogP contribution in [0.2, 0.25) is 0 Å². The number of nitrogen functional groups attached to an aromatic ring is 1. The van der Waals surface area contributed by atoms with Crippen LogP contribution in [0.5, 0.6) is 0 Å². The van der Waals surface area contributed by atoms with E-state index in [9.17, 15) is 4.39 Å². The third-order valence-electron chi connectivity index (χ3n) is 2.66. The fourth-order valence-corrected chi connectivity index (χ4v) is 2.72. The van der Waals surface area contributed by atoms with Crippen LogP contribution >= 0.6 is 11.3 Å².